The van der Waals surface area contributed by atoms with E-state index in [0.29, 0.717) is 17.3 Å². The molecule has 0 amide bonds. The van der Waals surface area contributed by atoms with Crippen molar-refractivity contribution in [3.63, 3.8) is 0 Å². The number of halogens is 2. The van der Waals surface area contributed by atoms with Crippen LogP contribution >= 0.6 is 34.2 Å². The lowest BCUT2D eigenvalue weighted by molar-refractivity contribution is 0.117. The van der Waals surface area contributed by atoms with Gasteiger partial charge in [-0.05, 0) is 65.4 Å². The van der Waals surface area contributed by atoms with Crippen LogP contribution in [-0.4, -0.2) is 24.4 Å². The fourth-order valence-electron chi connectivity index (χ4n) is 1.79. The molecule has 0 bridgehead atoms. The minimum atomic E-state index is -0.586. The summed E-state index contributed by atoms with van der Waals surface area (Å²) >= 11 is 8.22. The second-order valence-electron chi connectivity index (χ2n) is 4.74. The van der Waals surface area contributed by atoms with Crippen molar-refractivity contribution in [2.75, 3.05) is 18.5 Å². The van der Waals surface area contributed by atoms with Crippen LogP contribution in [0.3, 0.4) is 0 Å². The molecule has 0 fully saturated rings. The van der Waals surface area contributed by atoms with Crippen LogP contribution in [0.4, 0.5) is 5.69 Å². The number of hydrogen-bond acceptors (Lipinski definition) is 3. The molecule has 112 valence electrons. The van der Waals surface area contributed by atoms with Gasteiger partial charge in [-0.15, -0.1) is 0 Å². The van der Waals surface area contributed by atoms with Crippen LogP contribution in [-0.2, 0) is 0 Å². The molecule has 3 nitrogen and oxygen atoms in total. The largest absolute Gasteiger partial charge is 0.491 e. The molecule has 0 spiro atoms. The molecule has 2 N–H and O–H groups in total. The molecule has 2 aromatic rings. The zero-order chi connectivity index (χ0) is 15.2. The first-order valence-corrected chi connectivity index (χ1v) is 8.07. The molecular formula is C16H17ClINO2. The third-order valence-corrected chi connectivity index (χ3v) is 4.34. The Morgan fingerprint density at radius 2 is 2.05 bits per heavy atom. The number of ether oxygens (including phenoxy) is 1. The summed E-state index contributed by atoms with van der Waals surface area (Å²) in [6.45, 7) is 2.59. The van der Waals surface area contributed by atoms with E-state index in [1.807, 2.05) is 37.3 Å². The Kier molecular flexibility index (Phi) is 6.14. The number of rotatable bonds is 6. The van der Waals surface area contributed by atoms with Gasteiger partial charge in [0.25, 0.3) is 0 Å². The summed E-state index contributed by atoms with van der Waals surface area (Å²) in [6.07, 6.45) is -0.586. The second kappa shape index (κ2) is 7.87. The number of para-hydroxylation sites is 1. The van der Waals surface area contributed by atoms with Crippen LogP contribution in [0.15, 0.2) is 42.5 Å². The first-order valence-electron chi connectivity index (χ1n) is 6.61. The standard InChI is InChI=1S/C16H17ClINO2/c1-11-8-13(6-7-14(11)17)21-10-12(20)9-19-16-5-3-2-4-15(16)18/h2-8,12,19-20H,9-10H2,1H3. The predicted octanol–water partition coefficient (Wildman–Crippen LogP) is 4.10. The van der Waals surface area contributed by atoms with Crippen LogP contribution in [0, 0.1) is 10.5 Å². The zero-order valence-electron chi connectivity index (χ0n) is 11.6. The van der Waals surface area contributed by atoms with Crippen LogP contribution in [0.5, 0.6) is 5.75 Å². The second-order valence-corrected chi connectivity index (χ2v) is 6.31. The summed E-state index contributed by atoms with van der Waals surface area (Å²) in [5.74, 6) is 0.713. The molecule has 0 aromatic heterocycles. The highest BCUT2D eigenvalue weighted by Crippen LogP contribution is 2.21. The van der Waals surface area contributed by atoms with Crippen molar-refractivity contribution in [1.82, 2.24) is 0 Å². The van der Waals surface area contributed by atoms with E-state index in [1.54, 1.807) is 12.1 Å². The predicted molar refractivity (Wildman–Crippen MR) is 95.3 cm³/mol. The van der Waals surface area contributed by atoms with E-state index in [-0.39, 0.29) is 6.61 Å². The van der Waals surface area contributed by atoms with Crippen molar-refractivity contribution < 1.29 is 9.84 Å². The Hall–Kier alpha value is -0.980. The van der Waals surface area contributed by atoms with Crippen LogP contribution in [0.25, 0.3) is 0 Å². The number of nitrogens with one attached hydrogen (secondary N) is 1. The first-order chi connectivity index (χ1) is 10.1. The van der Waals surface area contributed by atoms with Crippen LogP contribution < -0.4 is 10.1 Å². The third kappa shape index (κ3) is 5.05. The van der Waals surface area contributed by atoms with E-state index < -0.39 is 6.10 Å². The summed E-state index contributed by atoms with van der Waals surface area (Å²) in [6, 6.07) is 13.4. The third-order valence-electron chi connectivity index (χ3n) is 2.97. The Morgan fingerprint density at radius 1 is 1.29 bits per heavy atom. The summed E-state index contributed by atoms with van der Waals surface area (Å²) in [4.78, 5) is 0. The van der Waals surface area contributed by atoms with E-state index in [2.05, 4.69) is 27.9 Å². The average Bonchev–Trinajstić information content (AvgIpc) is 2.47. The SMILES string of the molecule is Cc1cc(OCC(O)CNc2ccccc2I)ccc1Cl. The van der Waals surface area contributed by atoms with Crippen molar-refractivity contribution in [3.05, 3.63) is 56.6 Å². The molecule has 21 heavy (non-hydrogen) atoms. The van der Waals surface area contributed by atoms with Gasteiger partial charge in [0.1, 0.15) is 18.5 Å². The molecule has 0 radical (unpaired) electrons. The van der Waals surface area contributed by atoms with Gasteiger partial charge in [-0.1, -0.05) is 23.7 Å². The average molecular weight is 418 g/mol. The molecular weight excluding hydrogens is 401 g/mol. The van der Waals surface area contributed by atoms with Crippen molar-refractivity contribution >= 4 is 39.9 Å². The quantitative estimate of drug-likeness (QED) is 0.695. The highest BCUT2D eigenvalue weighted by atomic mass is 127. The fraction of sp³-hybridized carbons (Fsp3) is 0.250. The molecule has 2 rings (SSSR count). The van der Waals surface area contributed by atoms with Crippen LogP contribution in [0.2, 0.25) is 5.02 Å². The number of aryl methyl sites for hydroxylation is 1. The maximum Gasteiger partial charge on any atom is 0.119 e. The van der Waals surface area contributed by atoms with Crippen molar-refractivity contribution in [3.8, 4) is 5.75 Å². The summed E-state index contributed by atoms with van der Waals surface area (Å²) in [7, 11) is 0. The Bertz CT molecular complexity index is 607. The van der Waals surface area contributed by atoms with Gasteiger partial charge in [-0.2, -0.15) is 0 Å². The highest BCUT2D eigenvalue weighted by molar-refractivity contribution is 14.1. The molecule has 5 heteroatoms. The molecule has 1 unspecified atom stereocenters. The fourth-order valence-corrected chi connectivity index (χ4v) is 2.49. The maximum atomic E-state index is 9.97. The number of benzene rings is 2. The molecule has 0 aliphatic rings. The summed E-state index contributed by atoms with van der Waals surface area (Å²) in [5, 5.41) is 13.9. The van der Waals surface area contributed by atoms with Gasteiger partial charge >= 0.3 is 0 Å². The molecule has 1 atom stereocenters. The lowest BCUT2D eigenvalue weighted by atomic mass is 10.2. The van der Waals surface area contributed by atoms with Gasteiger partial charge < -0.3 is 15.2 Å². The topological polar surface area (TPSA) is 41.5 Å². The van der Waals surface area contributed by atoms with Crippen molar-refractivity contribution in [1.29, 1.82) is 0 Å². The van der Waals surface area contributed by atoms with Gasteiger partial charge in [0, 0.05) is 20.8 Å². The molecule has 0 heterocycles. The monoisotopic (exact) mass is 417 g/mol. The molecule has 0 saturated carbocycles. The van der Waals surface area contributed by atoms with E-state index in [9.17, 15) is 5.11 Å². The smallest absolute Gasteiger partial charge is 0.119 e. The minimum absolute atomic E-state index is 0.234. The number of anilines is 1. The lowest BCUT2D eigenvalue weighted by Crippen LogP contribution is -2.26. The normalized spacial score (nSPS) is 12.0. The van der Waals surface area contributed by atoms with Gasteiger partial charge in [0.2, 0.25) is 0 Å². The minimum Gasteiger partial charge on any atom is -0.491 e. The Morgan fingerprint density at radius 3 is 2.76 bits per heavy atom. The Balaban J connectivity index is 1.81. The number of aliphatic hydroxyl groups excluding tert-OH is 1. The molecule has 0 aliphatic heterocycles. The van der Waals surface area contributed by atoms with Crippen molar-refractivity contribution in [2.24, 2.45) is 0 Å². The van der Waals surface area contributed by atoms with Crippen molar-refractivity contribution in [2.45, 2.75) is 13.0 Å². The molecule has 2 aromatic carbocycles. The zero-order valence-corrected chi connectivity index (χ0v) is 14.6. The van der Waals surface area contributed by atoms with E-state index >= 15 is 0 Å². The molecule has 0 saturated heterocycles. The summed E-state index contributed by atoms with van der Waals surface area (Å²) < 4.78 is 6.69. The summed E-state index contributed by atoms with van der Waals surface area (Å²) in [5.41, 5.74) is 1.97. The van der Waals surface area contributed by atoms with Crippen LogP contribution in [0.1, 0.15) is 5.56 Å². The van der Waals surface area contributed by atoms with E-state index in [0.717, 1.165) is 14.8 Å². The van der Waals surface area contributed by atoms with E-state index in [4.69, 9.17) is 16.3 Å². The highest BCUT2D eigenvalue weighted by Gasteiger charge is 2.07. The van der Waals surface area contributed by atoms with Gasteiger partial charge in [-0.3, -0.25) is 0 Å². The van der Waals surface area contributed by atoms with E-state index in [1.165, 1.54) is 0 Å². The van der Waals surface area contributed by atoms with Gasteiger partial charge in [-0.25, -0.2) is 0 Å². The maximum absolute atomic E-state index is 9.97. The number of hydrogen-bond donors (Lipinski definition) is 2. The molecule has 0 aliphatic carbocycles. The van der Waals surface area contributed by atoms with Gasteiger partial charge in [0.15, 0.2) is 0 Å². The Labute approximate surface area is 143 Å². The van der Waals surface area contributed by atoms with Gasteiger partial charge in [0.05, 0.1) is 0 Å². The number of aliphatic hydroxyl groups is 1. The first kappa shape index (κ1) is 16.4. The lowest BCUT2D eigenvalue weighted by Gasteiger charge is -2.15.